The van der Waals surface area contributed by atoms with Gasteiger partial charge in [0.15, 0.2) is 11.5 Å². The van der Waals surface area contributed by atoms with Crippen molar-refractivity contribution in [2.75, 3.05) is 13.2 Å². The number of carbonyl (C=O) groups is 1. The third-order valence-electron chi connectivity index (χ3n) is 4.80. The molecule has 0 amide bonds. The highest BCUT2D eigenvalue weighted by Crippen LogP contribution is 2.42. The van der Waals surface area contributed by atoms with Crippen LogP contribution in [0.5, 0.6) is 11.5 Å². The van der Waals surface area contributed by atoms with Gasteiger partial charge in [-0.05, 0) is 35.6 Å². The van der Waals surface area contributed by atoms with E-state index in [2.05, 4.69) is 0 Å². The Morgan fingerprint density at radius 2 is 1.81 bits per heavy atom. The van der Waals surface area contributed by atoms with Crippen LogP contribution in [0.25, 0.3) is 22.0 Å². The van der Waals surface area contributed by atoms with Crippen LogP contribution in [0.1, 0.15) is 12.0 Å². The standard InChI is InChI=1S/C21H19NO5/c1-22-17-5-3-2-4-14(17)12-16(21(22)25)15-8-6-13(7-9-18(23)24)19-20(15)27-11-10-26-19/h2-6,8,12H,7,9-11H2,1H3,(H,23,24). The minimum Gasteiger partial charge on any atom is -0.486 e. The number of fused-ring (bicyclic) bond motifs is 2. The lowest BCUT2D eigenvalue weighted by molar-refractivity contribution is -0.136. The Morgan fingerprint density at radius 3 is 2.59 bits per heavy atom. The molecule has 0 radical (unpaired) electrons. The molecule has 0 spiro atoms. The maximum Gasteiger partial charge on any atom is 0.303 e. The summed E-state index contributed by atoms with van der Waals surface area (Å²) in [5.74, 6) is 0.180. The van der Waals surface area contributed by atoms with Gasteiger partial charge in [0.25, 0.3) is 5.56 Å². The highest BCUT2D eigenvalue weighted by Gasteiger charge is 2.23. The number of ether oxygens (including phenoxy) is 2. The number of rotatable bonds is 4. The van der Waals surface area contributed by atoms with Crippen molar-refractivity contribution in [3.63, 3.8) is 0 Å². The van der Waals surface area contributed by atoms with Crippen molar-refractivity contribution in [1.82, 2.24) is 4.57 Å². The zero-order valence-electron chi connectivity index (χ0n) is 14.9. The van der Waals surface area contributed by atoms with Gasteiger partial charge in [-0.3, -0.25) is 9.59 Å². The third kappa shape index (κ3) is 3.03. The molecule has 2 heterocycles. The number of aromatic nitrogens is 1. The molecule has 1 N–H and O–H groups in total. The first kappa shape index (κ1) is 17.1. The molecule has 0 bridgehead atoms. The molecule has 4 rings (SSSR count). The summed E-state index contributed by atoms with van der Waals surface area (Å²) < 4.78 is 13.2. The molecule has 0 fully saturated rings. The van der Waals surface area contributed by atoms with E-state index < -0.39 is 5.97 Å². The summed E-state index contributed by atoms with van der Waals surface area (Å²) >= 11 is 0. The maximum absolute atomic E-state index is 13.0. The van der Waals surface area contributed by atoms with Crippen LogP contribution in [0.2, 0.25) is 0 Å². The molecule has 6 heteroatoms. The van der Waals surface area contributed by atoms with Gasteiger partial charge < -0.3 is 19.1 Å². The number of benzene rings is 2. The molecule has 1 aromatic heterocycles. The Morgan fingerprint density at radius 1 is 1.07 bits per heavy atom. The normalized spacial score (nSPS) is 12.9. The third-order valence-corrected chi connectivity index (χ3v) is 4.80. The van der Waals surface area contributed by atoms with E-state index >= 15 is 0 Å². The molecule has 6 nitrogen and oxygen atoms in total. The second kappa shape index (κ2) is 6.79. The molecule has 0 atom stereocenters. The Bertz CT molecular complexity index is 1100. The van der Waals surface area contributed by atoms with Gasteiger partial charge in [-0.1, -0.05) is 24.3 Å². The Kier molecular flexibility index (Phi) is 4.32. The van der Waals surface area contributed by atoms with Gasteiger partial charge in [0, 0.05) is 19.0 Å². The second-order valence-corrected chi connectivity index (χ2v) is 6.50. The summed E-state index contributed by atoms with van der Waals surface area (Å²) in [5.41, 5.74) is 2.70. The Hall–Kier alpha value is -3.28. The largest absolute Gasteiger partial charge is 0.486 e. The van der Waals surface area contributed by atoms with Crippen LogP contribution in [0.4, 0.5) is 0 Å². The van der Waals surface area contributed by atoms with Gasteiger partial charge in [0.05, 0.1) is 11.1 Å². The van der Waals surface area contributed by atoms with E-state index in [0.717, 1.165) is 16.5 Å². The zero-order chi connectivity index (χ0) is 19.0. The highest BCUT2D eigenvalue weighted by atomic mass is 16.6. The van der Waals surface area contributed by atoms with Crippen molar-refractivity contribution in [2.24, 2.45) is 7.05 Å². The van der Waals surface area contributed by atoms with E-state index in [-0.39, 0.29) is 12.0 Å². The van der Waals surface area contributed by atoms with E-state index in [0.29, 0.717) is 42.3 Å². The van der Waals surface area contributed by atoms with E-state index in [1.54, 1.807) is 11.6 Å². The van der Waals surface area contributed by atoms with Gasteiger partial charge in [-0.25, -0.2) is 0 Å². The lowest BCUT2D eigenvalue weighted by atomic mass is 9.98. The van der Waals surface area contributed by atoms with E-state index in [1.807, 2.05) is 42.5 Å². The van der Waals surface area contributed by atoms with Crippen molar-refractivity contribution in [1.29, 1.82) is 0 Å². The molecule has 1 aliphatic heterocycles. The number of hydrogen-bond acceptors (Lipinski definition) is 4. The summed E-state index contributed by atoms with van der Waals surface area (Å²) in [7, 11) is 1.75. The number of aliphatic carboxylic acids is 1. The molecular formula is C21H19NO5. The van der Waals surface area contributed by atoms with Crippen LogP contribution in [0.15, 0.2) is 47.3 Å². The van der Waals surface area contributed by atoms with Gasteiger partial charge in [0.1, 0.15) is 13.2 Å². The molecule has 27 heavy (non-hydrogen) atoms. The van der Waals surface area contributed by atoms with Crippen molar-refractivity contribution in [3.05, 3.63) is 58.4 Å². The van der Waals surface area contributed by atoms with Crippen LogP contribution in [0.3, 0.4) is 0 Å². The summed E-state index contributed by atoms with van der Waals surface area (Å²) in [4.78, 5) is 23.9. The minimum atomic E-state index is -0.868. The van der Waals surface area contributed by atoms with Crippen LogP contribution in [-0.2, 0) is 18.3 Å². The molecule has 0 unspecified atom stereocenters. The predicted octanol–water partition coefficient (Wildman–Crippen LogP) is 2.99. The highest BCUT2D eigenvalue weighted by molar-refractivity contribution is 5.86. The van der Waals surface area contributed by atoms with Crippen LogP contribution in [-0.4, -0.2) is 28.9 Å². The first-order chi connectivity index (χ1) is 13.1. The average molecular weight is 365 g/mol. The smallest absolute Gasteiger partial charge is 0.303 e. The van der Waals surface area contributed by atoms with Crippen LogP contribution >= 0.6 is 0 Å². The number of nitrogens with zero attached hydrogens (tertiary/aromatic N) is 1. The van der Waals surface area contributed by atoms with Gasteiger partial charge in [-0.2, -0.15) is 0 Å². The SMILES string of the molecule is Cn1c(=O)c(-c2ccc(CCC(=O)O)c3c2OCCO3)cc2ccccc21. The van der Waals surface area contributed by atoms with E-state index in [4.69, 9.17) is 14.6 Å². The van der Waals surface area contributed by atoms with E-state index in [9.17, 15) is 9.59 Å². The first-order valence-corrected chi connectivity index (χ1v) is 8.78. The Balaban J connectivity index is 1.90. The Labute approximate surface area is 155 Å². The van der Waals surface area contributed by atoms with Gasteiger partial charge >= 0.3 is 5.97 Å². The summed E-state index contributed by atoms with van der Waals surface area (Å²) in [5, 5.41) is 9.92. The topological polar surface area (TPSA) is 77.8 Å². The number of carboxylic acid groups (broad SMARTS) is 1. The molecule has 1 aliphatic rings. The fourth-order valence-electron chi connectivity index (χ4n) is 3.46. The second-order valence-electron chi connectivity index (χ2n) is 6.50. The molecule has 2 aromatic carbocycles. The van der Waals surface area contributed by atoms with Crippen molar-refractivity contribution in [3.8, 4) is 22.6 Å². The fraction of sp³-hybridized carbons (Fsp3) is 0.238. The molecule has 0 aliphatic carbocycles. The van der Waals surface area contributed by atoms with Crippen molar-refractivity contribution < 1.29 is 19.4 Å². The number of carboxylic acids is 1. The monoisotopic (exact) mass is 365 g/mol. The first-order valence-electron chi connectivity index (χ1n) is 8.78. The molecule has 3 aromatic rings. The molecule has 0 saturated carbocycles. The number of hydrogen-bond donors (Lipinski definition) is 1. The summed E-state index contributed by atoms with van der Waals surface area (Å²) in [6, 6.07) is 13.2. The van der Waals surface area contributed by atoms with Gasteiger partial charge in [-0.15, -0.1) is 0 Å². The number of pyridine rings is 1. The number of aryl methyl sites for hydroxylation is 2. The lowest BCUT2D eigenvalue weighted by Gasteiger charge is -2.24. The van der Waals surface area contributed by atoms with Crippen LogP contribution in [0, 0.1) is 0 Å². The summed E-state index contributed by atoms with van der Waals surface area (Å²) in [6.45, 7) is 0.780. The minimum absolute atomic E-state index is 0.00683. The zero-order valence-corrected chi connectivity index (χ0v) is 14.9. The molecular weight excluding hydrogens is 346 g/mol. The lowest BCUT2D eigenvalue weighted by Crippen LogP contribution is -2.21. The fourth-order valence-corrected chi connectivity index (χ4v) is 3.46. The molecule has 138 valence electrons. The quantitative estimate of drug-likeness (QED) is 0.769. The average Bonchev–Trinajstić information content (AvgIpc) is 2.69. The number of para-hydroxylation sites is 1. The summed E-state index contributed by atoms with van der Waals surface area (Å²) in [6.07, 6.45) is 0.351. The maximum atomic E-state index is 13.0. The van der Waals surface area contributed by atoms with E-state index in [1.165, 1.54) is 0 Å². The molecule has 0 saturated heterocycles. The van der Waals surface area contributed by atoms with Crippen LogP contribution < -0.4 is 15.0 Å². The predicted molar refractivity (Wildman–Crippen MR) is 102 cm³/mol. The van der Waals surface area contributed by atoms with Gasteiger partial charge in [0.2, 0.25) is 0 Å². The van der Waals surface area contributed by atoms with Crippen molar-refractivity contribution in [2.45, 2.75) is 12.8 Å². The van der Waals surface area contributed by atoms with Crippen molar-refractivity contribution >= 4 is 16.9 Å².